The minimum absolute atomic E-state index is 0.110. The van der Waals surface area contributed by atoms with Crippen LogP contribution < -0.4 is 14.8 Å². The van der Waals surface area contributed by atoms with Crippen LogP contribution in [-0.4, -0.2) is 93.8 Å². The van der Waals surface area contributed by atoms with Gasteiger partial charge < -0.3 is 29.3 Å². The number of nitrogens with one attached hydrogen (secondary N) is 1. The van der Waals surface area contributed by atoms with Crippen LogP contribution in [0.15, 0.2) is 36.5 Å². The van der Waals surface area contributed by atoms with Crippen LogP contribution in [0.2, 0.25) is 0 Å². The average molecular weight is 577 g/mol. The molecule has 0 unspecified atom stereocenters. The van der Waals surface area contributed by atoms with Crippen LogP contribution in [0.4, 0.5) is 4.79 Å². The van der Waals surface area contributed by atoms with Crippen LogP contribution in [0.5, 0.6) is 11.5 Å². The van der Waals surface area contributed by atoms with E-state index in [-0.39, 0.29) is 29.1 Å². The highest BCUT2D eigenvalue weighted by Crippen LogP contribution is 2.68. The van der Waals surface area contributed by atoms with Crippen molar-refractivity contribution in [2.45, 2.75) is 51.2 Å². The van der Waals surface area contributed by atoms with Gasteiger partial charge in [0.15, 0.2) is 22.8 Å². The fourth-order valence-electron chi connectivity index (χ4n) is 6.43. The Morgan fingerprint density at radius 2 is 1.57 bits per heavy atom. The Kier molecular flexibility index (Phi) is 6.54. The standard InChI is InChI=1S/C30H36N6O6/c1-28(2,3)42-27(39)35-12-10-34(11-13-35)26(38)29-16-30(17-29,18-29)32-25(37)20-15-24-31-9-8-21(36(24)33-20)19-6-7-22(40-4)23(14-19)41-5/h6-9,14-15H,10-13,16-18H2,1-5H3,(H,32,37). The van der Waals surface area contributed by atoms with E-state index in [2.05, 4.69) is 15.4 Å². The molecule has 4 fully saturated rings. The highest BCUT2D eigenvalue weighted by molar-refractivity contribution is 5.96. The maximum Gasteiger partial charge on any atom is 0.410 e. The molecule has 3 aliphatic carbocycles. The summed E-state index contributed by atoms with van der Waals surface area (Å²) in [7, 11) is 3.16. The van der Waals surface area contributed by atoms with E-state index in [1.54, 1.807) is 35.9 Å². The van der Waals surface area contributed by atoms with E-state index in [0.29, 0.717) is 62.6 Å². The summed E-state index contributed by atoms with van der Waals surface area (Å²) in [5.41, 5.74) is 1.02. The SMILES string of the molecule is COc1ccc(-c2ccnc3cc(C(=O)NC45CC(C(=O)N6CCN(C(=O)OC(C)(C)C)CC6)(C4)C5)nn23)cc1OC. The predicted molar refractivity (Wildman–Crippen MR) is 152 cm³/mol. The topological polar surface area (TPSA) is 128 Å². The van der Waals surface area contributed by atoms with Crippen molar-refractivity contribution in [3.63, 3.8) is 0 Å². The van der Waals surface area contributed by atoms with Gasteiger partial charge in [0, 0.05) is 49.5 Å². The summed E-state index contributed by atoms with van der Waals surface area (Å²) in [6.07, 6.45) is 3.16. The van der Waals surface area contributed by atoms with Gasteiger partial charge in [-0.3, -0.25) is 9.59 Å². The van der Waals surface area contributed by atoms with Gasteiger partial charge in [-0.15, -0.1) is 0 Å². The zero-order valence-electron chi connectivity index (χ0n) is 24.6. The van der Waals surface area contributed by atoms with Gasteiger partial charge in [-0.05, 0) is 64.3 Å². The van der Waals surface area contributed by atoms with E-state index < -0.39 is 11.0 Å². The third-order valence-electron chi connectivity index (χ3n) is 8.35. The summed E-state index contributed by atoms with van der Waals surface area (Å²) in [4.78, 5) is 46.9. The molecule has 12 nitrogen and oxygen atoms in total. The molecule has 3 heterocycles. The van der Waals surface area contributed by atoms with Crippen molar-refractivity contribution in [1.82, 2.24) is 29.7 Å². The van der Waals surface area contributed by atoms with E-state index in [1.165, 1.54) is 0 Å². The van der Waals surface area contributed by atoms with Crippen molar-refractivity contribution in [3.05, 3.63) is 42.2 Å². The quantitative estimate of drug-likeness (QED) is 0.474. The van der Waals surface area contributed by atoms with Gasteiger partial charge >= 0.3 is 6.09 Å². The number of carbonyl (C=O) groups excluding carboxylic acids is 3. The van der Waals surface area contributed by atoms with Gasteiger partial charge in [-0.25, -0.2) is 14.3 Å². The monoisotopic (exact) mass is 576 g/mol. The first kappa shape index (κ1) is 27.8. The number of piperazine rings is 1. The number of aromatic nitrogens is 3. The van der Waals surface area contributed by atoms with E-state index in [0.717, 1.165) is 11.3 Å². The number of carbonyl (C=O) groups is 3. The maximum atomic E-state index is 13.4. The molecule has 0 radical (unpaired) electrons. The first-order valence-electron chi connectivity index (χ1n) is 14.1. The average Bonchev–Trinajstić information content (AvgIpc) is 3.37. The van der Waals surface area contributed by atoms with Crippen molar-refractivity contribution >= 4 is 23.6 Å². The molecule has 12 heteroatoms. The van der Waals surface area contributed by atoms with Crippen molar-refractivity contribution < 1.29 is 28.6 Å². The zero-order chi connectivity index (χ0) is 29.9. The molecule has 1 aliphatic heterocycles. The summed E-state index contributed by atoms with van der Waals surface area (Å²) in [5.74, 6) is 1.02. The number of hydrogen-bond donors (Lipinski definition) is 1. The van der Waals surface area contributed by atoms with Crippen LogP contribution >= 0.6 is 0 Å². The molecule has 3 aromatic rings. The molecule has 7 rings (SSSR count). The molecule has 3 saturated carbocycles. The molecule has 0 atom stereocenters. The summed E-state index contributed by atoms with van der Waals surface area (Å²) >= 11 is 0. The van der Waals surface area contributed by atoms with E-state index in [1.807, 2.05) is 49.9 Å². The summed E-state index contributed by atoms with van der Waals surface area (Å²) in [6, 6.07) is 9.05. The fraction of sp³-hybridized carbons (Fsp3) is 0.500. The molecule has 42 heavy (non-hydrogen) atoms. The Balaban J connectivity index is 1.08. The Bertz CT molecular complexity index is 1550. The van der Waals surface area contributed by atoms with Gasteiger partial charge in [-0.1, -0.05) is 0 Å². The molecule has 1 aromatic carbocycles. The number of methoxy groups -OCH3 is 2. The second kappa shape index (κ2) is 9.88. The Hall–Kier alpha value is -4.35. The third kappa shape index (κ3) is 4.78. The molecule has 2 aromatic heterocycles. The number of nitrogens with zero attached hydrogens (tertiary/aromatic N) is 5. The summed E-state index contributed by atoms with van der Waals surface area (Å²) < 4.78 is 17.9. The number of ether oxygens (including phenoxy) is 3. The largest absolute Gasteiger partial charge is 0.493 e. The first-order valence-corrected chi connectivity index (χ1v) is 14.1. The van der Waals surface area contributed by atoms with Crippen molar-refractivity contribution in [2.75, 3.05) is 40.4 Å². The lowest BCUT2D eigenvalue weighted by atomic mass is 9.39. The number of benzene rings is 1. The van der Waals surface area contributed by atoms with E-state index in [9.17, 15) is 14.4 Å². The van der Waals surface area contributed by atoms with Crippen LogP contribution in [0.1, 0.15) is 50.5 Å². The smallest absolute Gasteiger partial charge is 0.410 e. The van der Waals surface area contributed by atoms with Crippen LogP contribution in [-0.2, 0) is 9.53 Å². The van der Waals surface area contributed by atoms with Gasteiger partial charge in [0.1, 0.15) is 5.60 Å². The second-order valence-electron chi connectivity index (χ2n) is 12.5. The lowest BCUT2D eigenvalue weighted by Crippen LogP contribution is -2.78. The maximum absolute atomic E-state index is 13.4. The van der Waals surface area contributed by atoms with Crippen LogP contribution in [0.3, 0.4) is 0 Å². The van der Waals surface area contributed by atoms with Gasteiger partial charge in [0.25, 0.3) is 5.91 Å². The lowest BCUT2D eigenvalue weighted by Gasteiger charge is -2.69. The van der Waals surface area contributed by atoms with Crippen molar-refractivity contribution in [3.8, 4) is 22.8 Å². The van der Waals surface area contributed by atoms with Crippen LogP contribution in [0, 0.1) is 5.41 Å². The summed E-state index contributed by atoms with van der Waals surface area (Å²) in [6.45, 7) is 7.38. The van der Waals surface area contributed by atoms with Crippen molar-refractivity contribution in [2.24, 2.45) is 5.41 Å². The molecule has 222 valence electrons. The fourth-order valence-corrected chi connectivity index (χ4v) is 6.43. The first-order chi connectivity index (χ1) is 19.9. The number of rotatable bonds is 6. The van der Waals surface area contributed by atoms with E-state index in [4.69, 9.17) is 14.2 Å². The lowest BCUT2D eigenvalue weighted by molar-refractivity contribution is -0.190. The molecule has 2 bridgehead atoms. The highest BCUT2D eigenvalue weighted by Gasteiger charge is 2.72. The number of amides is 3. The predicted octanol–water partition coefficient (Wildman–Crippen LogP) is 3.15. The minimum Gasteiger partial charge on any atom is -0.493 e. The molecule has 1 saturated heterocycles. The number of fused-ring (bicyclic) bond motifs is 1. The minimum atomic E-state index is -0.554. The second-order valence-corrected chi connectivity index (χ2v) is 12.5. The highest BCUT2D eigenvalue weighted by atomic mass is 16.6. The molecule has 3 amide bonds. The van der Waals surface area contributed by atoms with Gasteiger partial charge in [0.2, 0.25) is 5.91 Å². The van der Waals surface area contributed by atoms with Crippen LogP contribution in [0.25, 0.3) is 16.9 Å². The zero-order valence-corrected chi connectivity index (χ0v) is 24.6. The van der Waals surface area contributed by atoms with E-state index >= 15 is 0 Å². The Labute approximate surface area is 243 Å². The van der Waals surface area contributed by atoms with Gasteiger partial charge in [-0.2, -0.15) is 5.10 Å². The summed E-state index contributed by atoms with van der Waals surface area (Å²) in [5, 5.41) is 7.70. The molecular weight excluding hydrogens is 540 g/mol. The Morgan fingerprint density at radius 1 is 0.905 bits per heavy atom. The molecule has 1 N–H and O–H groups in total. The molecule has 4 aliphatic rings. The third-order valence-corrected chi connectivity index (χ3v) is 8.35. The molecular formula is C30H36N6O6. The Morgan fingerprint density at radius 3 is 2.21 bits per heavy atom. The number of hydrogen-bond acceptors (Lipinski definition) is 8. The van der Waals surface area contributed by atoms with Crippen molar-refractivity contribution in [1.29, 1.82) is 0 Å². The normalized spacial score (nSPS) is 23.1. The molecule has 0 spiro atoms. The van der Waals surface area contributed by atoms with Gasteiger partial charge in [0.05, 0.1) is 25.3 Å².